The molecule has 3 unspecified atom stereocenters. The molecule has 2 aliphatic carbocycles. The second kappa shape index (κ2) is 8.47. The molecular formula is C21H36BrNO. The summed E-state index contributed by atoms with van der Waals surface area (Å²) in [5.74, 6) is 2.53. The van der Waals surface area contributed by atoms with E-state index in [2.05, 4.69) is 39.9 Å². The number of nitrogens with zero attached hydrogens (tertiary/aromatic N) is 1. The summed E-state index contributed by atoms with van der Waals surface area (Å²) in [5.41, 5.74) is 1.82. The van der Waals surface area contributed by atoms with Gasteiger partial charge >= 0.3 is 0 Å². The second-order valence-electron chi connectivity index (χ2n) is 9.26. The van der Waals surface area contributed by atoms with E-state index in [-0.39, 0.29) is 5.54 Å². The number of rotatable bonds is 8. The fraction of sp³-hybridized carbons (Fsp3) is 0.905. The molecule has 0 heterocycles. The zero-order valence-electron chi connectivity index (χ0n) is 16.1. The summed E-state index contributed by atoms with van der Waals surface area (Å²) in [6, 6.07) is 0. The first-order valence-electron chi connectivity index (χ1n) is 9.98. The standard InChI is InChI=1S/C21H36BrNO/c1-16(9-6-5-7-13-20(2,3)23-24)18-11-12-19-17(15-22)10-8-14-21(18,19)4/h15-16,18-19H,5-14H2,1-4H3/b17-15+/t16-,18?,19?,21?/m0/s1. The number of fused-ring (bicyclic) bond motifs is 1. The molecule has 2 rings (SSSR count). The topological polar surface area (TPSA) is 29.4 Å². The minimum Gasteiger partial charge on any atom is -0.150 e. The summed E-state index contributed by atoms with van der Waals surface area (Å²) < 4.78 is 0. The third-order valence-electron chi connectivity index (χ3n) is 7.06. The van der Waals surface area contributed by atoms with Crippen LogP contribution in [0.5, 0.6) is 0 Å². The number of hydrogen-bond donors (Lipinski definition) is 0. The number of halogens is 1. The van der Waals surface area contributed by atoms with Crippen LogP contribution in [0.2, 0.25) is 0 Å². The fourth-order valence-electron chi connectivity index (χ4n) is 5.59. The smallest absolute Gasteiger partial charge is 0.0970 e. The van der Waals surface area contributed by atoms with Crippen molar-refractivity contribution in [3.8, 4) is 0 Å². The van der Waals surface area contributed by atoms with Gasteiger partial charge in [0, 0.05) is 0 Å². The maximum Gasteiger partial charge on any atom is 0.0970 e. The maximum atomic E-state index is 10.7. The molecule has 4 atom stereocenters. The van der Waals surface area contributed by atoms with Crippen LogP contribution in [-0.4, -0.2) is 5.54 Å². The number of hydrogen-bond acceptors (Lipinski definition) is 2. The van der Waals surface area contributed by atoms with Gasteiger partial charge in [0.2, 0.25) is 0 Å². The fourth-order valence-corrected chi connectivity index (χ4v) is 6.14. The number of nitroso groups, excluding NO2 is 1. The molecule has 0 N–H and O–H groups in total. The van der Waals surface area contributed by atoms with Crippen molar-refractivity contribution in [1.82, 2.24) is 0 Å². The van der Waals surface area contributed by atoms with Gasteiger partial charge in [0.15, 0.2) is 0 Å². The van der Waals surface area contributed by atoms with E-state index in [1.165, 1.54) is 51.4 Å². The summed E-state index contributed by atoms with van der Waals surface area (Å²) in [4.78, 5) is 13.0. The van der Waals surface area contributed by atoms with E-state index < -0.39 is 0 Å². The summed E-state index contributed by atoms with van der Waals surface area (Å²) in [6.07, 6.45) is 12.8. The quantitative estimate of drug-likeness (QED) is 0.305. The molecule has 3 heteroatoms. The van der Waals surface area contributed by atoms with Crippen LogP contribution in [0.4, 0.5) is 0 Å². The van der Waals surface area contributed by atoms with Crippen LogP contribution in [0.1, 0.15) is 91.9 Å². The molecule has 2 saturated carbocycles. The molecule has 0 amide bonds. The minimum atomic E-state index is -0.377. The van der Waals surface area contributed by atoms with E-state index in [9.17, 15) is 4.91 Å². The Hall–Kier alpha value is -0.180. The Morgan fingerprint density at radius 2 is 2.08 bits per heavy atom. The molecular weight excluding hydrogens is 362 g/mol. The van der Waals surface area contributed by atoms with Gasteiger partial charge in [0.1, 0.15) is 0 Å². The molecule has 0 aliphatic heterocycles. The van der Waals surface area contributed by atoms with Crippen LogP contribution in [0.3, 0.4) is 0 Å². The summed E-state index contributed by atoms with van der Waals surface area (Å²) >= 11 is 3.62. The highest BCUT2D eigenvalue weighted by Crippen LogP contribution is 2.59. The average Bonchev–Trinajstić information content (AvgIpc) is 2.91. The van der Waals surface area contributed by atoms with Crippen LogP contribution < -0.4 is 0 Å². The zero-order chi connectivity index (χ0) is 17.8. The molecule has 0 aromatic heterocycles. The molecule has 24 heavy (non-hydrogen) atoms. The third kappa shape index (κ3) is 4.51. The van der Waals surface area contributed by atoms with E-state index in [4.69, 9.17) is 0 Å². The third-order valence-corrected chi connectivity index (χ3v) is 7.65. The lowest BCUT2D eigenvalue weighted by molar-refractivity contribution is 0.0933. The number of unbranched alkanes of at least 4 members (excludes halogenated alkanes) is 2. The zero-order valence-corrected chi connectivity index (χ0v) is 17.7. The van der Waals surface area contributed by atoms with E-state index in [0.29, 0.717) is 5.41 Å². The molecule has 0 aromatic carbocycles. The highest BCUT2D eigenvalue weighted by Gasteiger charge is 2.50. The van der Waals surface area contributed by atoms with Gasteiger partial charge in [-0.3, -0.25) is 0 Å². The van der Waals surface area contributed by atoms with Gasteiger partial charge < -0.3 is 0 Å². The summed E-state index contributed by atoms with van der Waals surface area (Å²) in [6.45, 7) is 8.95. The lowest BCUT2D eigenvalue weighted by Gasteiger charge is -2.44. The molecule has 0 radical (unpaired) electrons. The predicted octanol–water partition coefficient (Wildman–Crippen LogP) is 7.61. The SMILES string of the molecule is C[C@@H](CCCCCC(C)(C)N=O)C1CCC2/C(=C/Br)CCCC21C. The largest absolute Gasteiger partial charge is 0.150 e. The molecule has 0 aromatic rings. The Morgan fingerprint density at radius 1 is 1.33 bits per heavy atom. The second-order valence-corrected chi connectivity index (χ2v) is 9.72. The number of allylic oxidation sites excluding steroid dienone is 1. The molecule has 2 aliphatic rings. The Morgan fingerprint density at radius 3 is 2.75 bits per heavy atom. The molecule has 0 saturated heterocycles. The highest BCUT2D eigenvalue weighted by molar-refractivity contribution is 9.11. The van der Waals surface area contributed by atoms with Crippen molar-refractivity contribution in [2.45, 2.75) is 97.4 Å². The normalized spacial score (nSPS) is 33.5. The van der Waals surface area contributed by atoms with E-state index >= 15 is 0 Å². The van der Waals surface area contributed by atoms with Crippen molar-refractivity contribution >= 4 is 15.9 Å². The lowest BCUT2D eigenvalue weighted by Crippen LogP contribution is -2.35. The Labute approximate surface area is 157 Å². The first-order chi connectivity index (χ1) is 11.3. The minimum absolute atomic E-state index is 0.377. The van der Waals surface area contributed by atoms with Crippen molar-refractivity contribution in [2.24, 2.45) is 28.3 Å². The van der Waals surface area contributed by atoms with Crippen molar-refractivity contribution in [3.05, 3.63) is 15.5 Å². The van der Waals surface area contributed by atoms with Crippen molar-refractivity contribution < 1.29 is 0 Å². The van der Waals surface area contributed by atoms with Gasteiger partial charge in [-0.15, -0.1) is 0 Å². The maximum absolute atomic E-state index is 10.7. The lowest BCUT2D eigenvalue weighted by atomic mass is 9.61. The Balaban J connectivity index is 1.81. The van der Waals surface area contributed by atoms with Crippen LogP contribution in [0.25, 0.3) is 0 Å². The molecule has 2 fully saturated rings. The van der Waals surface area contributed by atoms with E-state index in [1.54, 1.807) is 5.57 Å². The molecule has 2 nitrogen and oxygen atoms in total. The van der Waals surface area contributed by atoms with Gasteiger partial charge in [-0.1, -0.05) is 66.2 Å². The summed E-state index contributed by atoms with van der Waals surface area (Å²) in [7, 11) is 0. The van der Waals surface area contributed by atoms with Gasteiger partial charge in [0.05, 0.1) is 5.54 Å². The monoisotopic (exact) mass is 397 g/mol. The Bertz CT molecular complexity index is 459. The van der Waals surface area contributed by atoms with Crippen LogP contribution >= 0.6 is 15.9 Å². The van der Waals surface area contributed by atoms with E-state index in [1.807, 2.05) is 13.8 Å². The van der Waals surface area contributed by atoms with Gasteiger partial charge in [-0.2, -0.15) is 4.91 Å². The van der Waals surface area contributed by atoms with Crippen molar-refractivity contribution in [3.63, 3.8) is 0 Å². The van der Waals surface area contributed by atoms with Gasteiger partial charge in [0.25, 0.3) is 0 Å². The van der Waals surface area contributed by atoms with Crippen LogP contribution in [0, 0.1) is 28.1 Å². The van der Waals surface area contributed by atoms with Crippen LogP contribution in [-0.2, 0) is 0 Å². The predicted molar refractivity (Wildman–Crippen MR) is 107 cm³/mol. The highest BCUT2D eigenvalue weighted by atomic mass is 79.9. The van der Waals surface area contributed by atoms with Crippen molar-refractivity contribution in [2.75, 3.05) is 0 Å². The van der Waals surface area contributed by atoms with Gasteiger partial charge in [-0.05, 0) is 80.5 Å². The molecule has 0 bridgehead atoms. The summed E-state index contributed by atoms with van der Waals surface area (Å²) in [5, 5.41) is 3.23. The molecule has 138 valence electrons. The Kier molecular flexibility index (Phi) is 7.10. The first-order valence-corrected chi connectivity index (χ1v) is 10.9. The average molecular weight is 398 g/mol. The van der Waals surface area contributed by atoms with Crippen LogP contribution in [0.15, 0.2) is 15.7 Å². The van der Waals surface area contributed by atoms with Gasteiger partial charge in [-0.25, -0.2) is 0 Å². The van der Waals surface area contributed by atoms with Crippen molar-refractivity contribution in [1.29, 1.82) is 0 Å². The first kappa shape index (κ1) is 20.1. The van der Waals surface area contributed by atoms with E-state index in [0.717, 1.165) is 30.6 Å². The molecule has 0 spiro atoms.